The molecule has 4 fully saturated rings. The first-order valence-electron chi connectivity index (χ1n) is 9.45. The zero-order chi connectivity index (χ0) is 16.6. The van der Waals surface area contributed by atoms with Crippen LogP contribution in [-0.2, 0) is 0 Å². The van der Waals surface area contributed by atoms with Gasteiger partial charge in [0, 0.05) is 12.0 Å². The molecule has 0 aromatic heterocycles. The van der Waals surface area contributed by atoms with E-state index < -0.39 is 12.2 Å². The smallest absolute Gasteiger partial charge is 0.0834 e. The minimum atomic E-state index is -0.546. The highest BCUT2D eigenvalue weighted by atomic mass is 16.3. The Balaban J connectivity index is 1.81. The standard InChI is InChI=1S/C20H32O3/c1-12-13-5-6-14-19(3)8-4-7-18(2,11-21)15(19)9-16(22)20(14,10-13)17(12)23/h13-17,21-23H,1,4-11H2,2-3H3/t13-,14+,15-,16+,17+,18-,19+,20-/m1/s1. The van der Waals surface area contributed by atoms with Gasteiger partial charge in [-0.3, -0.25) is 0 Å². The van der Waals surface area contributed by atoms with Crippen LogP contribution in [0.4, 0.5) is 0 Å². The lowest BCUT2D eigenvalue weighted by molar-refractivity contribution is -0.225. The molecule has 0 unspecified atom stereocenters. The highest BCUT2D eigenvalue weighted by Crippen LogP contribution is 2.71. The quantitative estimate of drug-likeness (QED) is 0.651. The molecule has 2 bridgehead atoms. The van der Waals surface area contributed by atoms with Crippen LogP contribution in [0.5, 0.6) is 0 Å². The molecule has 0 aromatic carbocycles. The maximum atomic E-state index is 11.2. The van der Waals surface area contributed by atoms with E-state index in [-0.39, 0.29) is 22.9 Å². The maximum Gasteiger partial charge on any atom is 0.0834 e. The molecule has 130 valence electrons. The minimum absolute atomic E-state index is 0.0903. The summed E-state index contributed by atoms with van der Waals surface area (Å²) >= 11 is 0. The molecule has 0 aliphatic heterocycles. The molecule has 4 aliphatic rings. The van der Waals surface area contributed by atoms with Crippen LogP contribution in [0, 0.1) is 34.0 Å². The molecule has 3 heteroatoms. The van der Waals surface area contributed by atoms with Gasteiger partial charge in [-0.15, -0.1) is 0 Å². The van der Waals surface area contributed by atoms with Crippen LogP contribution in [-0.4, -0.2) is 34.1 Å². The first-order valence-corrected chi connectivity index (χ1v) is 9.45. The van der Waals surface area contributed by atoms with Gasteiger partial charge < -0.3 is 15.3 Å². The van der Waals surface area contributed by atoms with Crippen molar-refractivity contribution in [3.8, 4) is 0 Å². The Labute approximate surface area is 139 Å². The number of fused-ring (bicyclic) bond motifs is 3. The molecule has 0 radical (unpaired) electrons. The fourth-order valence-electron chi connectivity index (χ4n) is 7.61. The van der Waals surface area contributed by atoms with Gasteiger partial charge in [0.15, 0.2) is 0 Å². The molecule has 3 nitrogen and oxygen atoms in total. The third-order valence-corrected chi connectivity index (χ3v) is 8.77. The van der Waals surface area contributed by atoms with Crippen LogP contribution < -0.4 is 0 Å². The second kappa shape index (κ2) is 4.83. The molecule has 0 amide bonds. The van der Waals surface area contributed by atoms with Crippen LogP contribution in [0.2, 0.25) is 0 Å². The van der Waals surface area contributed by atoms with Crippen LogP contribution in [0.15, 0.2) is 12.2 Å². The highest BCUT2D eigenvalue weighted by molar-refractivity contribution is 5.29. The summed E-state index contributed by atoms with van der Waals surface area (Å²) in [4.78, 5) is 0. The lowest BCUT2D eigenvalue weighted by Crippen LogP contribution is -2.64. The number of aliphatic hydroxyl groups excluding tert-OH is 3. The molecule has 0 saturated heterocycles. The summed E-state index contributed by atoms with van der Waals surface area (Å²) in [7, 11) is 0. The van der Waals surface area contributed by atoms with Crippen molar-refractivity contribution in [2.45, 2.75) is 71.0 Å². The fraction of sp³-hybridized carbons (Fsp3) is 0.900. The lowest BCUT2D eigenvalue weighted by Gasteiger charge is -2.65. The number of hydrogen-bond acceptors (Lipinski definition) is 3. The largest absolute Gasteiger partial charge is 0.396 e. The van der Waals surface area contributed by atoms with Crippen LogP contribution >= 0.6 is 0 Å². The zero-order valence-electron chi connectivity index (χ0n) is 14.6. The first-order chi connectivity index (χ1) is 10.8. The van der Waals surface area contributed by atoms with Crippen molar-refractivity contribution in [3.63, 3.8) is 0 Å². The van der Waals surface area contributed by atoms with E-state index >= 15 is 0 Å². The predicted molar refractivity (Wildman–Crippen MR) is 89.7 cm³/mol. The maximum absolute atomic E-state index is 11.2. The first kappa shape index (κ1) is 16.1. The van der Waals surface area contributed by atoms with E-state index in [1.165, 1.54) is 0 Å². The minimum Gasteiger partial charge on any atom is -0.396 e. The van der Waals surface area contributed by atoms with E-state index in [1.807, 2.05) is 0 Å². The molecule has 4 aliphatic carbocycles. The van der Waals surface area contributed by atoms with Gasteiger partial charge in [-0.25, -0.2) is 0 Å². The SMILES string of the molecule is C=C1[C@@H]2CC[C@H]3[C@]4(C)CCC[C@](C)(CO)[C@H]4C[C@H](O)[C@]3(C2)[C@H]1O. The van der Waals surface area contributed by atoms with Crippen molar-refractivity contribution in [2.75, 3.05) is 6.61 Å². The summed E-state index contributed by atoms with van der Waals surface area (Å²) in [5.74, 6) is 1.08. The van der Waals surface area contributed by atoms with Gasteiger partial charge >= 0.3 is 0 Å². The average Bonchev–Trinajstić information content (AvgIpc) is 2.72. The Kier molecular flexibility index (Phi) is 3.38. The Hall–Kier alpha value is -0.380. The second-order valence-corrected chi connectivity index (χ2v) is 9.60. The van der Waals surface area contributed by atoms with Crippen molar-refractivity contribution in [1.82, 2.24) is 0 Å². The van der Waals surface area contributed by atoms with Gasteiger partial charge in [0.25, 0.3) is 0 Å². The average molecular weight is 320 g/mol. The summed E-state index contributed by atoms with van der Waals surface area (Å²) in [6.45, 7) is 8.96. The normalized spacial score (nSPS) is 58.7. The molecular formula is C20H32O3. The second-order valence-electron chi connectivity index (χ2n) is 9.60. The summed E-state index contributed by atoms with van der Waals surface area (Å²) in [5.41, 5.74) is 0.617. The molecular weight excluding hydrogens is 288 g/mol. The monoisotopic (exact) mass is 320 g/mol. The van der Waals surface area contributed by atoms with Gasteiger partial charge in [0.05, 0.1) is 12.2 Å². The summed E-state index contributed by atoms with van der Waals surface area (Å²) in [6, 6.07) is 0. The van der Waals surface area contributed by atoms with Crippen molar-refractivity contribution in [2.24, 2.45) is 34.0 Å². The molecule has 4 saturated carbocycles. The molecule has 23 heavy (non-hydrogen) atoms. The number of hydrogen-bond donors (Lipinski definition) is 3. The summed E-state index contributed by atoms with van der Waals surface area (Å²) in [5, 5.41) is 32.2. The van der Waals surface area contributed by atoms with Crippen LogP contribution in [0.3, 0.4) is 0 Å². The van der Waals surface area contributed by atoms with Gasteiger partial charge in [0.2, 0.25) is 0 Å². The van der Waals surface area contributed by atoms with Gasteiger partial charge in [-0.2, -0.15) is 0 Å². The number of rotatable bonds is 1. The van der Waals surface area contributed by atoms with Crippen molar-refractivity contribution in [1.29, 1.82) is 0 Å². The van der Waals surface area contributed by atoms with E-state index in [4.69, 9.17) is 0 Å². The van der Waals surface area contributed by atoms with Crippen molar-refractivity contribution >= 4 is 0 Å². The molecule has 8 atom stereocenters. The van der Waals surface area contributed by atoms with Gasteiger partial charge in [-0.1, -0.05) is 26.8 Å². The van der Waals surface area contributed by atoms with Crippen LogP contribution in [0.1, 0.15) is 58.8 Å². The van der Waals surface area contributed by atoms with Crippen molar-refractivity contribution < 1.29 is 15.3 Å². The molecule has 4 rings (SSSR count). The topological polar surface area (TPSA) is 60.7 Å². The third-order valence-electron chi connectivity index (χ3n) is 8.77. The molecule has 0 heterocycles. The number of aliphatic hydroxyl groups is 3. The fourth-order valence-corrected chi connectivity index (χ4v) is 7.61. The van der Waals surface area contributed by atoms with Crippen molar-refractivity contribution in [3.05, 3.63) is 12.2 Å². The lowest BCUT2D eigenvalue weighted by atomic mass is 9.40. The molecule has 1 spiro atoms. The zero-order valence-corrected chi connectivity index (χ0v) is 14.6. The Morgan fingerprint density at radius 2 is 1.87 bits per heavy atom. The Bertz CT molecular complexity index is 531. The predicted octanol–water partition coefficient (Wildman–Crippen LogP) is 2.89. The Morgan fingerprint density at radius 3 is 2.57 bits per heavy atom. The highest BCUT2D eigenvalue weighted by Gasteiger charge is 2.69. The van der Waals surface area contributed by atoms with E-state index in [0.29, 0.717) is 17.8 Å². The van der Waals surface area contributed by atoms with Crippen LogP contribution in [0.25, 0.3) is 0 Å². The van der Waals surface area contributed by atoms with Gasteiger partial charge in [-0.05, 0) is 72.7 Å². The van der Waals surface area contributed by atoms with E-state index in [2.05, 4.69) is 20.4 Å². The van der Waals surface area contributed by atoms with Gasteiger partial charge in [0.1, 0.15) is 0 Å². The summed E-state index contributed by atoms with van der Waals surface area (Å²) in [6.07, 6.45) is 6.18. The van der Waals surface area contributed by atoms with E-state index in [9.17, 15) is 15.3 Å². The Morgan fingerprint density at radius 1 is 1.13 bits per heavy atom. The van der Waals surface area contributed by atoms with E-state index in [0.717, 1.165) is 50.5 Å². The molecule has 0 aromatic rings. The third kappa shape index (κ3) is 1.77. The van der Waals surface area contributed by atoms with E-state index in [1.54, 1.807) is 0 Å². The summed E-state index contributed by atoms with van der Waals surface area (Å²) < 4.78 is 0. The molecule has 3 N–H and O–H groups in total.